The first-order valence-electron chi connectivity index (χ1n) is 7.30. The Labute approximate surface area is 140 Å². The van der Waals surface area contributed by atoms with Crippen LogP contribution >= 0.6 is 27.3 Å². The Bertz CT molecular complexity index is 564. The van der Waals surface area contributed by atoms with Crippen molar-refractivity contribution in [1.82, 2.24) is 0 Å². The van der Waals surface area contributed by atoms with E-state index in [1.165, 1.54) is 16.1 Å². The van der Waals surface area contributed by atoms with Crippen LogP contribution in [0.3, 0.4) is 0 Å². The van der Waals surface area contributed by atoms with Crippen molar-refractivity contribution in [2.24, 2.45) is 5.73 Å². The Morgan fingerprint density at radius 3 is 2.57 bits per heavy atom. The summed E-state index contributed by atoms with van der Waals surface area (Å²) in [7, 11) is 0. The fraction of sp³-hybridized carbons (Fsp3) is 0.412. The van der Waals surface area contributed by atoms with E-state index in [1.807, 2.05) is 11.3 Å². The van der Waals surface area contributed by atoms with Crippen LogP contribution < -0.4 is 10.6 Å². The molecule has 0 aliphatic rings. The first-order valence-corrected chi connectivity index (χ1v) is 8.97. The lowest BCUT2D eigenvalue weighted by atomic mass is 10.0. The SMILES string of the molecule is CC(N)Cc1cc(Br)ccc1N(Cc1cccs1)C(C)C. The molecule has 0 aliphatic carbocycles. The van der Waals surface area contributed by atoms with Crippen LogP contribution in [0.1, 0.15) is 31.2 Å². The number of hydrogen-bond acceptors (Lipinski definition) is 3. The topological polar surface area (TPSA) is 29.3 Å². The van der Waals surface area contributed by atoms with Gasteiger partial charge in [0, 0.05) is 27.1 Å². The molecule has 0 amide bonds. The highest BCUT2D eigenvalue weighted by Crippen LogP contribution is 2.29. The summed E-state index contributed by atoms with van der Waals surface area (Å²) in [5, 5.41) is 2.14. The van der Waals surface area contributed by atoms with E-state index in [-0.39, 0.29) is 6.04 Å². The molecule has 0 fully saturated rings. The minimum absolute atomic E-state index is 0.161. The van der Waals surface area contributed by atoms with Crippen LogP contribution in [0.4, 0.5) is 5.69 Å². The number of nitrogens with zero attached hydrogens (tertiary/aromatic N) is 1. The van der Waals surface area contributed by atoms with Gasteiger partial charge in [0.15, 0.2) is 0 Å². The standard InChI is InChI=1S/C17H23BrN2S/c1-12(2)20(11-16-5-4-8-21-16)17-7-6-15(18)10-14(17)9-13(3)19/h4-8,10,12-13H,9,11,19H2,1-3H3. The second-order valence-electron chi connectivity index (χ2n) is 5.76. The van der Waals surface area contributed by atoms with E-state index in [1.54, 1.807) is 0 Å². The average molecular weight is 367 g/mol. The van der Waals surface area contributed by atoms with Crippen molar-refractivity contribution in [3.63, 3.8) is 0 Å². The van der Waals surface area contributed by atoms with Gasteiger partial charge in [-0.3, -0.25) is 0 Å². The summed E-state index contributed by atoms with van der Waals surface area (Å²) in [5.41, 5.74) is 8.62. The predicted octanol–water partition coefficient (Wildman–Crippen LogP) is 4.82. The molecule has 2 rings (SSSR count). The van der Waals surface area contributed by atoms with Gasteiger partial charge in [-0.1, -0.05) is 22.0 Å². The lowest BCUT2D eigenvalue weighted by Crippen LogP contribution is -2.31. The molecule has 1 aromatic carbocycles. The maximum absolute atomic E-state index is 6.02. The maximum atomic E-state index is 6.02. The summed E-state index contributed by atoms with van der Waals surface area (Å²) in [6.07, 6.45) is 0.891. The van der Waals surface area contributed by atoms with Gasteiger partial charge in [-0.15, -0.1) is 11.3 Å². The number of thiophene rings is 1. The molecule has 2 N–H and O–H groups in total. The van der Waals surface area contributed by atoms with Crippen molar-refractivity contribution in [2.45, 2.75) is 45.8 Å². The van der Waals surface area contributed by atoms with Crippen LogP contribution in [-0.4, -0.2) is 12.1 Å². The lowest BCUT2D eigenvalue weighted by Gasteiger charge is -2.31. The van der Waals surface area contributed by atoms with Crippen molar-refractivity contribution in [1.29, 1.82) is 0 Å². The quantitative estimate of drug-likeness (QED) is 0.794. The summed E-state index contributed by atoms with van der Waals surface area (Å²) in [5.74, 6) is 0. The van der Waals surface area contributed by atoms with Crippen molar-refractivity contribution < 1.29 is 0 Å². The van der Waals surface area contributed by atoms with E-state index in [9.17, 15) is 0 Å². The molecule has 2 aromatic rings. The molecule has 0 bridgehead atoms. The van der Waals surface area contributed by atoms with Gasteiger partial charge < -0.3 is 10.6 Å². The molecule has 4 heteroatoms. The molecule has 1 unspecified atom stereocenters. The summed E-state index contributed by atoms with van der Waals surface area (Å²) >= 11 is 5.39. The molecule has 0 saturated carbocycles. The van der Waals surface area contributed by atoms with E-state index in [2.05, 4.69) is 77.3 Å². The zero-order valence-corrected chi connectivity index (χ0v) is 15.2. The summed E-state index contributed by atoms with van der Waals surface area (Å²) < 4.78 is 1.11. The predicted molar refractivity (Wildman–Crippen MR) is 97.1 cm³/mol. The first kappa shape index (κ1) is 16.5. The highest BCUT2D eigenvalue weighted by Gasteiger charge is 2.16. The molecule has 0 spiro atoms. The molecule has 21 heavy (non-hydrogen) atoms. The number of rotatable bonds is 6. The molecular formula is C17H23BrN2S. The van der Waals surface area contributed by atoms with E-state index in [0.717, 1.165) is 17.4 Å². The number of anilines is 1. The van der Waals surface area contributed by atoms with Gasteiger partial charge in [-0.2, -0.15) is 0 Å². The van der Waals surface area contributed by atoms with Gasteiger partial charge in [0.1, 0.15) is 0 Å². The van der Waals surface area contributed by atoms with Crippen molar-refractivity contribution >= 4 is 33.0 Å². The zero-order chi connectivity index (χ0) is 15.4. The van der Waals surface area contributed by atoms with Crippen LogP contribution in [0.15, 0.2) is 40.2 Å². The van der Waals surface area contributed by atoms with E-state index in [4.69, 9.17) is 5.73 Å². The summed E-state index contributed by atoms with van der Waals surface area (Å²) in [6, 6.07) is 11.4. The van der Waals surface area contributed by atoms with E-state index >= 15 is 0 Å². The minimum Gasteiger partial charge on any atom is -0.364 e. The third-order valence-corrected chi connectivity index (χ3v) is 4.78. The van der Waals surface area contributed by atoms with Gasteiger partial charge in [0.2, 0.25) is 0 Å². The lowest BCUT2D eigenvalue weighted by molar-refractivity contribution is 0.673. The van der Waals surface area contributed by atoms with Crippen molar-refractivity contribution in [3.8, 4) is 0 Å². The van der Waals surface area contributed by atoms with Gasteiger partial charge in [-0.25, -0.2) is 0 Å². The van der Waals surface area contributed by atoms with Gasteiger partial charge >= 0.3 is 0 Å². The second kappa shape index (κ2) is 7.43. The van der Waals surface area contributed by atoms with E-state index < -0.39 is 0 Å². The monoisotopic (exact) mass is 366 g/mol. The van der Waals surface area contributed by atoms with Crippen LogP contribution in [-0.2, 0) is 13.0 Å². The Morgan fingerprint density at radius 2 is 2.00 bits per heavy atom. The fourth-order valence-corrected chi connectivity index (χ4v) is 3.57. The Kier molecular flexibility index (Phi) is 5.85. The molecule has 0 aliphatic heterocycles. The number of nitrogens with two attached hydrogens (primary N) is 1. The van der Waals surface area contributed by atoms with Gasteiger partial charge in [-0.05, 0) is 62.4 Å². The minimum atomic E-state index is 0.161. The Balaban J connectivity index is 2.35. The molecule has 0 radical (unpaired) electrons. The highest BCUT2D eigenvalue weighted by atomic mass is 79.9. The van der Waals surface area contributed by atoms with Crippen LogP contribution in [0, 0.1) is 0 Å². The molecule has 0 saturated heterocycles. The van der Waals surface area contributed by atoms with Gasteiger partial charge in [0.25, 0.3) is 0 Å². The number of benzene rings is 1. The van der Waals surface area contributed by atoms with Crippen LogP contribution in [0.2, 0.25) is 0 Å². The molecule has 1 atom stereocenters. The first-order chi connectivity index (χ1) is 9.97. The third kappa shape index (κ3) is 4.56. The van der Waals surface area contributed by atoms with Crippen LogP contribution in [0.25, 0.3) is 0 Å². The second-order valence-corrected chi connectivity index (χ2v) is 7.70. The highest BCUT2D eigenvalue weighted by molar-refractivity contribution is 9.10. The van der Waals surface area contributed by atoms with Crippen LogP contribution in [0.5, 0.6) is 0 Å². The molecular weight excluding hydrogens is 344 g/mol. The smallest absolute Gasteiger partial charge is 0.0525 e. The average Bonchev–Trinajstić information content (AvgIpc) is 2.89. The van der Waals surface area contributed by atoms with E-state index in [0.29, 0.717) is 6.04 Å². The normalized spacial score (nSPS) is 12.7. The largest absolute Gasteiger partial charge is 0.364 e. The maximum Gasteiger partial charge on any atom is 0.0525 e. The molecule has 114 valence electrons. The fourth-order valence-electron chi connectivity index (χ4n) is 2.46. The van der Waals surface area contributed by atoms with Crippen molar-refractivity contribution in [2.75, 3.05) is 4.90 Å². The van der Waals surface area contributed by atoms with Gasteiger partial charge in [0.05, 0.1) is 6.54 Å². The zero-order valence-electron chi connectivity index (χ0n) is 12.8. The van der Waals surface area contributed by atoms with Crippen molar-refractivity contribution in [3.05, 3.63) is 50.6 Å². The Morgan fingerprint density at radius 1 is 1.24 bits per heavy atom. The third-order valence-electron chi connectivity index (χ3n) is 3.42. The molecule has 2 nitrogen and oxygen atoms in total. The number of hydrogen-bond donors (Lipinski definition) is 1. The number of halogens is 1. The Hall–Kier alpha value is -0.840. The summed E-state index contributed by atoms with van der Waals surface area (Å²) in [4.78, 5) is 3.84. The summed E-state index contributed by atoms with van der Waals surface area (Å²) in [6.45, 7) is 7.49. The molecule has 1 aromatic heterocycles. The molecule has 1 heterocycles.